The Balaban J connectivity index is 1.80. The fraction of sp³-hybridized carbons (Fsp3) is 0.429. The molecule has 0 unspecified atom stereocenters. The molecule has 1 aliphatic carbocycles. The minimum atomic E-state index is -0.577. The molecule has 2 aromatic rings. The van der Waals surface area contributed by atoms with Crippen LogP contribution in [0, 0.1) is 30.6 Å². The Kier molecular flexibility index (Phi) is 6.74. The molecule has 4 rings (SSSR count). The standard InChI is InChI=1S/C28H30O5/c1-17(2)13-23(29)22-11-12-24-25(27(22)31-4)28(30)32-16-21-15-18(3)14-20(26(21)33-24)10-9-19-7-5-6-8-19/h11-12,14-15,17,19H,5-8,13,16H2,1-4H3. The highest BCUT2D eigenvalue weighted by molar-refractivity contribution is 6.05. The number of hydrogen-bond acceptors (Lipinski definition) is 5. The Morgan fingerprint density at radius 2 is 1.97 bits per heavy atom. The van der Waals surface area contributed by atoms with Gasteiger partial charge in [-0.1, -0.05) is 38.5 Å². The van der Waals surface area contributed by atoms with Gasteiger partial charge in [-0.05, 0) is 55.5 Å². The van der Waals surface area contributed by atoms with Crippen molar-refractivity contribution in [2.45, 2.75) is 59.5 Å². The summed E-state index contributed by atoms with van der Waals surface area (Å²) in [5.41, 5.74) is 3.06. The number of cyclic esters (lactones) is 1. The van der Waals surface area contributed by atoms with E-state index in [0.29, 0.717) is 29.4 Å². The predicted molar refractivity (Wildman–Crippen MR) is 126 cm³/mol. The number of benzene rings is 2. The third-order valence-corrected chi connectivity index (χ3v) is 6.07. The number of carbonyl (C=O) groups is 2. The van der Waals surface area contributed by atoms with Crippen molar-refractivity contribution >= 4 is 11.8 Å². The van der Waals surface area contributed by atoms with Gasteiger partial charge in [0.05, 0.1) is 18.2 Å². The van der Waals surface area contributed by atoms with Crippen LogP contribution in [-0.2, 0) is 11.3 Å². The number of aryl methyl sites for hydroxylation is 1. The van der Waals surface area contributed by atoms with E-state index in [1.165, 1.54) is 20.0 Å². The summed E-state index contributed by atoms with van der Waals surface area (Å²) in [6, 6.07) is 7.26. The number of methoxy groups -OCH3 is 1. The number of hydrogen-bond donors (Lipinski definition) is 0. The number of esters is 1. The number of rotatable bonds is 4. The maximum absolute atomic E-state index is 13.0. The van der Waals surface area contributed by atoms with Gasteiger partial charge in [0.2, 0.25) is 0 Å². The summed E-state index contributed by atoms with van der Waals surface area (Å²) in [6.07, 6.45) is 5.07. The van der Waals surface area contributed by atoms with Gasteiger partial charge in [0.15, 0.2) is 5.78 Å². The average molecular weight is 447 g/mol. The lowest BCUT2D eigenvalue weighted by molar-refractivity contribution is 0.0455. The molecule has 0 radical (unpaired) electrons. The molecule has 0 atom stereocenters. The quantitative estimate of drug-likeness (QED) is 0.316. The van der Waals surface area contributed by atoms with Crippen LogP contribution in [-0.4, -0.2) is 18.9 Å². The molecule has 33 heavy (non-hydrogen) atoms. The van der Waals surface area contributed by atoms with Gasteiger partial charge in [0.25, 0.3) is 0 Å². The zero-order valence-corrected chi connectivity index (χ0v) is 19.7. The monoisotopic (exact) mass is 446 g/mol. The molecule has 172 valence electrons. The Morgan fingerprint density at radius 3 is 2.67 bits per heavy atom. The first kappa shape index (κ1) is 22.9. The van der Waals surface area contributed by atoms with Gasteiger partial charge < -0.3 is 14.2 Å². The van der Waals surface area contributed by atoms with Crippen LogP contribution < -0.4 is 9.47 Å². The number of Topliss-reactive ketones (excluding diaryl/α,β-unsaturated/α-hetero) is 1. The van der Waals surface area contributed by atoms with Crippen LogP contribution in [0.1, 0.15) is 83.4 Å². The minimum Gasteiger partial charge on any atom is -0.495 e. The van der Waals surface area contributed by atoms with Crippen LogP contribution in [0.2, 0.25) is 0 Å². The highest BCUT2D eigenvalue weighted by Gasteiger charge is 2.29. The summed E-state index contributed by atoms with van der Waals surface area (Å²) in [7, 11) is 1.45. The molecule has 2 aliphatic rings. The SMILES string of the molecule is COc1c(C(=O)CC(C)C)ccc2c1C(=O)OCc1cc(C)cc(C#CC3CCCC3)c1O2. The smallest absolute Gasteiger partial charge is 0.346 e. The van der Waals surface area contributed by atoms with Crippen molar-refractivity contribution in [1.29, 1.82) is 0 Å². The molecule has 5 nitrogen and oxygen atoms in total. The van der Waals surface area contributed by atoms with E-state index in [9.17, 15) is 9.59 Å². The Morgan fingerprint density at radius 1 is 1.21 bits per heavy atom. The van der Waals surface area contributed by atoms with Crippen LogP contribution in [0.25, 0.3) is 0 Å². The first-order valence-corrected chi connectivity index (χ1v) is 11.6. The number of ketones is 1. The van der Waals surface area contributed by atoms with E-state index in [4.69, 9.17) is 14.2 Å². The van der Waals surface area contributed by atoms with E-state index in [2.05, 4.69) is 11.8 Å². The molecule has 0 bridgehead atoms. The maximum Gasteiger partial charge on any atom is 0.346 e. The van der Waals surface area contributed by atoms with Gasteiger partial charge in [-0.3, -0.25) is 4.79 Å². The second-order valence-electron chi connectivity index (χ2n) is 9.27. The van der Waals surface area contributed by atoms with Crippen molar-refractivity contribution in [3.8, 4) is 29.1 Å². The predicted octanol–water partition coefficient (Wildman–Crippen LogP) is 6.24. The molecular formula is C28H30O5. The lowest BCUT2D eigenvalue weighted by Gasteiger charge is -2.22. The first-order chi connectivity index (χ1) is 15.9. The zero-order valence-electron chi connectivity index (χ0n) is 19.7. The van der Waals surface area contributed by atoms with E-state index < -0.39 is 5.97 Å². The minimum absolute atomic E-state index is 0.0563. The van der Waals surface area contributed by atoms with Gasteiger partial charge in [-0.15, -0.1) is 0 Å². The first-order valence-electron chi connectivity index (χ1n) is 11.6. The Bertz CT molecular complexity index is 1140. The van der Waals surface area contributed by atoms with Gasteiger partial charge in [0.1, 0.15) is 29.4 Å². The number of fused-ring (bicyclic) bond motifs is 2. The largest absolute Gasteiger partial charge is 0.495 e. The van der Waals surface area contributed by atoms with E-state index in [1.807, 2.05) is 32.9 Å². The Labute approximate surface area is 195 Å². The molecule has 1 fully saturated rings. The van der Waals surface area contributed by atoms with E-state index >= 15 is 0 Å². The fourth-order valence-corrected chi connectivity index (χ4v) is 4.50. The summed E-state index contributed by atoms with van der Waals surface area (Å²) in [5.74, 6) is 7.74. The topological polar surface area (TPSA) is 61.8 Å². The molecule has 1 saturated carbocycles. The fourth-order valence-electron chi connectivity index (χ4n) is 4.50. The molecule has 5 heteroatoms. The third kappa shape index (κ3) is 4.90. The molecule has 0 aromatic heterocycles. The molecule has 0 saturated heterocycles. The molecule has 0 spiro atoms. The lowest BCUT2D eigenvalue weighted by Crippen LogP contribution is -2.16. The van der Waals surface area contributed by atoms with Gasteiger partial charge in [-0.25, -0.2) is 4.79 Å². The molecular weight excluding hydrogens is 416 g/mol. The summed E-state index contributed by atoms with van der Waals surface area (Å²) in [5, 5.41) is 0. The van der Waals surface area contributed by atoms with Crippen molar-refractivity contribution in [1.82, 2.24) is 0 Å². The van der Waals surface area contributed by atoms with Crippen LogP contribution in [0.4, 0.5) is 0 Å². The molecule has 1 aliphatic heterocycles. The third-order valence-electron chi connectivity index (χ3n) is 6.07. The van der Waals surface area contributed by atoms with Crippen LogP contribution in [0.5, 0.6) is 17.2 Å². The normalized spacial score (nSPS) is 15.4. The summed E-state index contributed by atoms with van der Waals surface area (Å²) in [4.78, 5) is 25.8. The van der Waals surface area contributed by atoms with Crippen LogP contribution in [0.3, 0.4) is 0 Å². The van der Waals surface area contributed by atoms with Crippen molar-refractivity contribution < 1.29 is 23.8 Å². The highest BCUT2D eigenvalue weighted by atomic mass is 16.5. The van der Waals surface area contributed by atoms with Crippen LogP contribution in [0.15, 0.2) is 24.3 Å². The zero-order chi connectivity index (χ0) is 23.5. The van der Waals surface area contributed by atoms with Crippen molar-refractivity contribution in [2.24, 2.45) is 11.8 Å². The van der Waals surface area contributed by atoms with E-state index in [1.54, 1.807) is 12.1 Å². The maximum atomic E-state index is 13.0. The highest BCUT2D eigenvalue weighted by Crippen LogP contribution is 2.41. The number of carbonyl (C=O) groups excluding carboxylic acids is 2. The summed E-state index contributed by atoms with van der Waals surface area (Å²) in [6.45, 7) is 6.00. The molecule has 1 heterocycles. The Hall–Kier alpha value is -3.26. The lowest BCUT2D eigenvalue weighted by atomic mass is 9.97. The van der Waals surface area contributed by atoms with Crippen molar-refractivity contribution in [3.63, 3.8) is 0 Å². The van der Waals surface area contributed by atoms with E-state index in [0.717, 1.165) is 29.5 Å². The van der Waals surface area contributed by atoms with Crippen molar-refractivity contribution in [2.75, 3.05) is 7.11 Å². The molecule has 2 aromatic carbocycles. The summed E-state index contributed by atoms with van der Waals surface area (Å²) < 4.78 is 17.5. The average Bonchev–Trinajstić information content (AvgIpc) is 3.29. The van der Waals surface area contributed by atoms with Crippen molar-refractivity contribution in [3.05, 3.63) is 52.1 Å². The van der Waals surface area contributed by atoms with Crippen LogP contribution >= 0.6 is 0 Å². The van der Waals surface area contributed by atoms with Gasteiger partial charge in [-0.2, -0.15) is 0 Å². The molecule has 0 N–H and O–H groups in total. The summed E-state index contributed by atoms with van der Waals surface area (Å²) >= 11 is 0. The second kappa shape index (κ2) is 9.70. The van der Waals surface area contributed by atoms with Gasteiger partial charge >= 0.3 is 5.97 Å². The number of ether oxygens (including phenoxy) is 3. The van der Waals surface area contributed by atoms with Gasteiger partial charge in [0, 0.05) is 17.9 Å². The molecule has 0 amide bonds. The second-order valence-corrected chi connectivity index (χ2v) is 9.27. The van der Waals surface area contributed by atoms with E-state index in [-0.39, 0.29) is 29.6 Å².